The van der Waals surface area contributed by atoms with E-state index in [0.29, 0.717) is 12.9 Å². The molecule has 4 atom stereocenters. The van der Waals surface area contributed by atoms with Gasteiger partial charge < -0.3 is 24.9 Å². The van der Waals surface area contributed by atoms with Crippen molar-refractivity contribution in [1.29, 1.82) is 0 Å². The molecule has 1 saturated heterocycles. The summed E-state index contributed by atoms with van der Waals surface area (Å²) >= 11 is 0. The molecule has 0 aromatic heterocycles. The number of aldehydes is 1. The van der Waals surface area contributed by atoms with Crippen LogP contribution in [0.2, 0.25) is 6.82 Å². The SMILES string of the molecule is CCCNB(C)NCCN(C)CC1C2C=CC(O2)C1C=O. The zero-order valence-corrected chi connectivity index (χ0v) is 13.4. The van der Waals surface area contributed by atoms with Crippen molar-refractivity contribution < 1.29 is 9.53 Å². The minimum atomic E-state index is 0.0160. The Labute approximate surface area is 128 Å². The van der Waals surface area contributed by atoms with E-state index in [-0.39, 0.29) is 18.1 Å². The van der Waals surface area contributed by atoms with Crippen molar-refractivity contribution in [3.63, 3.8) is 0 Å². The highest BCUT2D eigenvalue weighted by Gasteiger charge is 2.45. The van der Waals surface area contributed by atoms with Gasteiger partial charge in [0.05, 0.1) is 18.1 Å². The summed E-state index contributed by atoms with van der Waals surface area (Å²) in [5, 5.41) is 6.88. The summed E-state index contributed by atoms with van der Waals surface area (Å²) in [6, 6.07) is 0. The molecule has 4 unspecified atom stereocenters. The molecule has 6 heteroatoms. The fraction of sp³-hybridized carbons (Fsp3) is 0.800. The first-order chi connectivity index (χ1) is 10.2. The number of ether oxygens (including phenoxy) is 1. The molecule has 2 heterocycles. The summed E-state index contributed by atoms with van der Waals surface area (Å²) in [6.45, 7) is 8.52. The van der Waals surface area contributed by atoms with E-state index in [1.807, 2.05) is 6.08 Å². The summed E-state index contributed by atoms with van der Waals surface area (Å²) < 4.78 is 5.78. The van der Waals surface area contributed by atoms with Crippen LogP contribution in [0.1, 0.15) is 13.3 Å². The number of hydrogen-bond acceptors (Lipinski definition) is 5. The van der Waals surface area contributed by atoms with E-state index in [1.165, 1.54) is 0 Å². The maximum atomic E-state index is 11.2. The van der Waals surface area contributed by atoms with E-state index in [9.17, 15) is 4.79 Å². The third-order valence-electron chi connectivity index (χ3n) is 4.42. The molecule has 2 bridgehead atoms. The lowest BCUT2D eigenvalue weighted by atomic mass is 9.80. The van der Waals surface area contributed by atoms with Gasteiger partial charge in [-0.3, -0.25) is 0 Å². The molecule has 1 fully saturated rings. The van der Waals surface area contributed by atoms with E-state index < -0.39 is 0 Å². The first-order valence-corrected chi connectivity index (χ1v) is 8.10. The molecular formula is C15H28BN3O2. The number of rotatable bonds is 10. The average molecular weight is 293 g/mol. The second-order valence-corrected chi connectivity index (χ2v) is 6.22. The smallest absolute Gasteiger partial charge is 0.302 e. The topological polar surface area (TPSA) is 53.6 Å². The number of nitrogens with one attached hydrogen (secondary N) is 2. The van der Waals surface area contributed by atoms with Gasteiger partial charge in [-0.25, -0.2) is 0 Å². The standard InChI is InChI=1S/C15H28BN3O2/c1-4-7-17-16(2)18-8-9-19(3)10-12-13(11-20)15-6-5-14(12)21-15/h5-6,11-15,17-18H,4,7-10H2,1-3H3. The van der Waals surface area contributed by atoms with E-state index in [1.54, 1.807) is 0 Å². The van der Waals surface area contributed by atoms with Crippen molar-refractivity contribution in [3.8, 4) is 0 Å². The van der Waals surface area contributed by atoms with E-state index >= 15 is 0 Å². The molecule has 0 amide bonds. The van der Waals surface area contributed by atoms with Gasteiger partial charge in [0, 0.05) is 19.0 Å². The summed E-state index contributed by atoms with van der Waals surface area (Å²) in [5.41, 5.74) is 0. The number of fused-ring (bicyclic) bond motifs is 2. The van der Waals surface area contributed by atoms with Crippen LogP contribution in [0.5, 0.6) is 0 Å². The van der Waals surface area contributed by atoms with E-state index in [4.69, 9.17) is 4.74 Å². The van der Waals surface area contributed by atoms with Gasteiger partial charge in [0.15, 0.2) is 0 Å². The van der Waals surface area contributed by atoms with Gasteiger partial charge in [0.1, 0.15) is 6.29 Å². The number of carbonyl (C=O) groups is 1. The number of nitrogens with zero attached hydrogens (tertiary/aromatic N) is 1. The molecule has 0 saturated carbocycles. The zero-order chi connectivity index (χ0) is 15.2. The molecule has 118 valence electrons. The molecule has 0 aliphatic carbocycles. The number of likely N-dealkylation sites (N-methyl/N-ethyl adjacent to an activating group) is 1. The summed E-state index contributed by atoms with van der Waals surface area (Å²) in [7, 11) is 2.11. The van der Waals surface area contributed by atoms with Gasteiger partial charge in [-0.05, 0) is 26.6 Å². The Balaban J connectivity index is 1.66. The third-order valence-corrected chi connectivity index (χ3v) is 4.42. The lowest BCUT2D eigenvalue weighted by Crippen LogP contribution is -2.48. The monoisotopic (exact) mass is 293 g/mol. The summed E-state index contributed by atoms with van der Waals surface area (Å²) in [6.07, 6.45) is 6.51. The van der Waals surface area contributed by atoms with Crippen LogP contribution < -0.4 is 10.5 Å². The summed E-state index contributed by atoms with van der Waals surface area (Å²) in [5.74, 6) is 0.332. The molecule has 2 aliphatic rings. The van der Waals surface area contributed by atoms with Crippen LogP contribution in [0.25, 0.3) is 0 Å². The highest BCUT2D eigenvalue weighted by atomic mass is 16.5. The van der Waals surface area contributed by atoms with Gasteiger partial charge in [-0.2, -0.15) is 0 Å². The second kappa shape index (κ2) is 8.08. The Hall–Kier alpha value is -0.685. The second-order valence-electron chi connectivity index (χ2n) is 6.22. The fourth-order valence-electron chi connectivity index (χ4n) is 3.18. The van der Waals surface area contributed by atoms with Crippen molar-refractivity contribution in [2.75, 3.05) is 33.2 Å². The molecule has 0 aromatic rings. The van der Waals surface area contributed by atoms with Crippen LogP contribution in [-0.4, -0.2) is 63.6 Å². The number of hydrogen-bond donors (Lipinski definition) is 2. The molecule has 5 nitrogen and oxygen atoms in total. The van der Waals surface area contributed by atoms with Crippen LogP contribution in [0.4, 0.5) is 0 Å². The lowest BCUT2D eigenvalue weighted by Gasteiger charge is -2.27. The Kier molecular flexibility index (Phi) is 6.42. The third kappa shape index (κ3) is 4.39. The fourth-order valence-corrected chi connectivity index (χ4v) is 3.18. The van der Waals surface area contributed by atoms with Crippen LogP contribution in [0.3, 0.4) is 0 Å². The summed E-state index contributed by atoms with van der Waals surface area (Å²) in [4.78, 5) is 13.5. The minimum absolute atomic E-state index is 0.0160. The molecule has 0 radical (unpaired) electrons. The Morgan fingerprint density at radius 3 is 2.71 bits per heavy atom. The molecule has 0 spiro atoms. The molecule has 0 aromatic carbocycles. The first kappa shape index (κ1) is 16.7. The van der Waals surface area contributed by atoms with Crippen LogP contribution in [-0.2, 0) is 9.53 Å². The highest BCUT2D eigenvalue weighted by Crippen LogP contribution is 2.38. The Morgan fingerprint density at radius 1 is 1.29 bits per heavy atom. The highest BCUT2D eigenvalue weighted by molar-refractivity contribution is 6.51. The molecule has 2 rings (SSSR count). The Bertz CT molecular complexity index is 367. The average Bonchev–Trinajstić information content (AvgIpc) is 3.06. The maximum absolute atomic E-state index is 11.2. The van der Waals surface area contributed by atoms with Crippen molar-refractivity contribution in [3.05, 3.63) is 12.2 Å². The molecule has 2 N–H and O–H groups in total. The molecular weight excluding hydrogens is 265 g/mol. The van der Waals surface area contributed by atoms with Crippen molar-refractivity contribution in [1.82, 2.24) is 15.4 Å². The zero-order valence-electron chi connectivity index (χ0n) is 13.4. The predicted molar refractivity (Wildman–Crippen MR) is 86.3 cm³/mol. The van der Waals surface area contributed by atoms with Crippen LogP contribution in [0.15, 0.2) is 12.2 Å². The van der Waals surface area contributed by atoms with E-state index in [2.05, 4.69) is 42.2 Å². The van der Waals surface area contributed by atoms with E-state index in [0.717, 1.165) is 38.9 Å². The quantitative estimate of drug-likeness (QED) is 0.347. The van der Waals surface area contributed by atoms with Gasteiger partial charge in [-0.1, -0.05) is 25.9 Å². The Morgan fingerprint density at radius 2 is 2.00 bits per heavy atom. The van der Waals surface area contributed by atoms with Crippen LogP contribution in [0, 0.1) is 11.8 Å². The first-order valence-electron chi connectivity index (χ1n) is 8.10. The largest absolute Gasteiger partial charge is 0.366 e. The van der Waals surface area contributed by atoms with Gasteiger partial charge in [-0.15, -0.1) is 0 Å². The van der Waals surface area contributed by atoms with Crippen LogP contribution >= 0.6 is 0 Å². The van der Waals surface area contributed by atoms with Gasteiger partial charge in [0.2, 0.25) is 0 Å². The van der Waals surface area contributed by atoms with Crippen molar-refractivity contribution in [2.24, 2.45) is 11.8 Å². The maximum Gasteiger partial charge on any atom is 0.302 e. The molecule has 21 heavy (non-hydrogen) atoms. The minimum Gasteiger partial charge on any atom is -0.366 e. The lowest BCUT2D eigenvalue weighted by molar-refractivity contribution is -0.112. The number of carbonyl (C=O) groups excluding carboxylic acids is 1. The van der Waals surface area contributed by atoms with Crippen molar-refractivity contribution in [2.45, 2.75) is 32.4 Å². The molecule has 2 aliphatic heterocycles. The van der Waals surface area contributed by atoms with Gasteiger partial charge in [0.25, 0.3) is 0 Å². The normalized spacial score (nSPS) is 30.3. The van der Waals surface area contributed by atoms with Crippen molar-refractivity contribution >= 4 is 13.3 Å². The van der Waals surface area contributed by atoms with Gasteiger partial charge >= 0.3 is 6.98 Å². The predicted octanol–water partition coefficient (Wildman–Crippen LogP) is 0.394.